The van der Waals surface area contributed by atoms with E-state index in [2.05, 4.69) is 0 Å². The zero-order valence-electron chi connectivity index (χ0n) is 17.7. The molecule has 6 nitrogen and oxygen atoms in total. The summed E-state index contributed by atoms with van der Waals surface area (Å²) < 4.78 is 5.32. The van der Waals surface area contributed by atoms with Crippen LogP contribution >= 0.6 is 23.2 Å². The number of phenols is 1. The maximum atomic E-state index is 13.2. The van der Waals surface area contributed by atoms with E-state index < -0.39 is 23.5 Å². The Morgan fingerprint density at radius 3 is 2.36 bits per heavy atom. The fraction of sp³-hybridized carbons (Fsp3) is 0.120. The smallest absolute Gasteiger partial charge is 0.300 e. The quantitative estimate of drug-likeness (QED) is 0.284. The summed E-state index contributed by atoms with van der Waals surface area (Å²) >= 11 is 12.4. The van der Waals surface area contributed by atoms with Crippen molar-refractivity contribution < 1.29 is 24.5 Å². The largest absolute Gasteiger partial charge is 0.508 e. The molecular weight excluding hydrogens is 465 g/mol. The number of rotatable bonds is 4. The second kappa shape index (κ2) is 8.81. The number of aliphatic hydroxyl groups excluding tert-OH is 1. The lowest BCUT2D eigenvalue weighted by Gasteiger charge is -2.26. The number of aryl methyl sites for hydroxylation is 1. The van der Waals surface area contributed by atoms with Gasteiger partial charge in [-0.05, 0) is 48.9 Å². The number of amides is 1. The Morgan fingerprint density at radius 2 is 1.73 bits per heavy atom. The molecule has 0 bridgehead atoms. The number of carbonyl (C=O) groups excluding carboxylic acids is 2. The van der Waals surface area contributed by atoms with Crippen LogP contribution in [-0.2, 0) is 9.59 Å². The molecule has 3 aromatic rings. The molecule has 1 heterocycles. The number of methoxy groups -OCH3 is 1. The number of benzene rings is 3. The highest BCUT2D eigenvalue weighted by Gasteiger charge is 2.47. The third kappa shape index (κ3) is 4.03. The van der Waals surface area contributed by atoms with Gasteiger partial charge in [-0.2, -0.15) is 0 Å². The molecule has 33 heavy (non-hydrogen) atoms. The molecule has 0 radical (unpaired) electrons. The number of Topliss-reactive ketones (excluding diaryl/α,β-unsaturated/α-hetero) is 1. The normalized spacial score (nSPS) is 17.5. The molecule has 1 fully saturated rings. The Bertz CT molecular complexity index is 1300. The molecule has 0 aromatic heterocycles. The fourth-order valence-corrected chi connectivity index (χ4v) is 4.47. The molecule has 1 unspecified atom stereocenters. The summed E-state index contributed by atoms with van der Waals surface area (Å²) in [7, 11) is 1.36. The topological polar surface area (TPSA) is 87.1 Å². The molecule has 2 N–H and O–H groups in total. The number of anilines is 1. The molecule has 1 amide bonds. The van der Waals surface area contributed by atoms with Crippen LogP contribution in [0.3, 0.4) is 0 Å². The molecule has 0 aliphatic carbocycles. The van der Waals surface area contributed by atoms with Crippen LogP contribution in [-0.4, -0.2) is 29.0 Å². The highest BCUT2D eigenvalue weighted by molar-refractivity contribution is 6.52. The van der Waals surface area contributed by atoms with E-state index in [-0.39, 0.29) is 32.7 Å². The summed E-state index contributed by atoms with van der Waals surface area (Å²) in [5.74, 6) is -2.14. The Morgan fingerprint density at radius 1 is 1.03 bits per heavy atom. The predicted molar refractivity (Wildman–Crippen MR) is 127 cm³/mol. The molecular formula is C25H19Cl2NO5. The van der Waals surface area contributed by atoms with E-state index in [0.29, 0.717) is 11.3 Å². The van der Waals surface area contributed by atoms with Crippen molar-refractivity contribution in [1.82, 2.24) is 0 Å². The number of ketones is 1. The highest BCUT2D eigenvalue weighted by atomic mass is 35.5. The van der Waals surface area contributed by atoms with Crippen molar-refractivity contribution in [3.05, 3.63) is 93.0 Å². The van der Waals surface area contributed by atoms with Crippen LogP contribution in [0.2, 0.25) is 10.0 Å². The highest BCUT2D eigenvalue weighted by Crippen LogP contribution is 2.45. The number of ether oxygens (including phenoxy) is 1. The van der Waals surface area contributed by atoms with Gasteiger partial charge in [-0.15, -0.1) is 0 Å². The molecule has 1 saturated heterocycles. The predicted octanol–water partition coefficient (Wildman–Crippen LogP) is 5.64. The maximum absolute atomic E-state index is 13.2. The van der Waals surface area contributed by atoms with Gasteiger partial charge >= 0.3 is 0 Å². The minimum absolute atomic E-state index is 0.0506. The molecule has 4 rings (SSSR count). The standard InChI is InChI=1S/C25H19Cl2NO5/c1-13-6-8-16(9-7-13)28-21(14-4-3-5-17(29)10-14)20(23(31)25(28)32)22(30)18-11-15(26)12-19(27)24(18)33-2/h3-12,21,29-30H,1-2H3/b22-20+. The molecule has 3 aromatic carbocycles. The molecule has 1 aliphatic heterocycles. The van der Waals surface area contributed by atoms with Crippen LogP contribution in [0.1, 0.15) is 22.7 Å². The van der Waals surface area contributed by atoms with Gasteiger partial charge in [0.25, 0.3) is 11.7 Å². The van der Waals surface area contributed by atoms with Gasteiger partial charge in [0, 0.05) is 10.7 Å². The first-order valence-electron chi connectivity index (χ1n) is 9.93. The Kier molecular flexibility index (Phi) is 6.06. The summed E-state index contributed by atoms with van der Waals surface area (Å²) in [6.07, 6.45) is 0. The van der Waals surface area contributed by atoms with E-state index in [0.717, 1.165) is 5.56 Å². The van der Waals surface area contributed by atoms with E-state index in [4.69, 9.17) is 27.9 Å². The summed E-state index contributed by atoms with van der Waals surface area (Å²) in [5, 5.41) is 21.7. The molecule has 8 heteroatoms. The summed E-state index contributed by atoms with van der Waals surface area (Å²) in [6.45, 7) is 1.90. The third-order valence-electron chi connectivity index (χ3n) is 5.41. The number of hydrogen-bond acceptors (Lipinski definition) is 5. The van der Waals surface area contributed by atoms with Crippen molar-refractivity contribution in [3.8, 4) is 11.5 Å². The monoisotopic (exact) mass is 483 g/mol. The average molecular weight is 484 g/mol. The minimum atomic E-state index is -1.01. The number of aliphatic hydroxyl groups is 1. The fourth-order valence-electron chi connectivity index (χ4n) is 3.90. The number of nitrogens with zero attached hydrogens (tertiary/aromatic N) is 1. The Balaban J connectivity index is 2.01. The van der Waals surface area contributed by atoms with Crippen molar-refractivity contribution in [1.29, 1.82) is 0 Å². The first-order valence-corrected chi connectivity index (χ1v) is 10.7. The number of aromatic hydroxyl groups is 1. The molecule has 168 valence electrons. The molecule has 0 saturated carbocycles. The van der Waals surface area contributed by atoms with Gasteiger partial charge in [-0.3, -0.25) is 14.5 Å². The van der Waals surface area contributed by atoms with Gasteiger partial charge < -0.3 is 14.9 Å². The van der Waals surface area contributed by atoms with Crippen LogP contribution in [0, 0.1) is 6.92 Å². The second-order valence-electron chi connectivity index (χ2n) is 7.57. The minimum Gasteiger partial charge on any atom is -0.508 e. The SMILES string of the molecule is COc1c(Cl)cc(Cl)cc1/C(O)=C1\C(=O)C(=O)N(c2ccc(C)cc2)C1c1cccc(O)c1. The van der Waals surface area contributed by atoms with Gasteiger partial charge in [0.1, 0.15) is 17.3 Å². The zero-order valence-corrected chi connectivity index (χ0v) is 19.2. The average Bonchev–Trinajstić information content (AvgIpc) is 3.04. The first kappa shape index (κ1) is 22.7. The van der Waals surface area contributed by atoms with Crippen LogP contribution in [0.4, 0.5) is 5.69 Å². The summed E-state index contributed by atoms with van der Waals surface area (Å²) in [5.41, 5.74) is 1.77. The lowest BCUT2D eigenvalue weighted by molar-refractivity contribution is -0.132. The lowest BCUT2D eigenvalue weighted by Crippen LogP contribution is -2.29. The van der Waals surface area contributed by atoms with Gasteiger partial charge in [-0.1, -0.05) is 53.0 Å². The zero-order chi connectivity index (χ0) is 23.9. The van der Waals surface area contributed by atoms with Crippen molar-refractivity contribution in [3.63, 3.8) is 0 Å². The van der Waals surface area contributed by atoms with E-state index in [9.17, 15) is 19.8 Å². The molecule has 1 aliphatic rings. The first-order chi connectivity index (χ1) is 15.7. The van der Waals surface area contributed by atoms with Gasteiger partial charge in [-0.25, -0.2) is 0 Å². The van der Waals surface area contributed by atoms with Crippen LogP contribution in [0.5, 0.6) is 11.5 Å². The molecule has 1 atom stereocenters. The maximum Gasteiger partial charge on any atom is 0.300 e. The third-order valence-corrected chi connectivity index (χ3v) is 5.91. The number of hydrogen-bond donors (Lipinski definition) is 2. The number of phenolic OH excluding ortho intramolecular Hbond substituents is 1. The van der Waals surface area contributed by atoms with Crippen molar-refractivity contribution in [2.24, 2.45) is 0 Å². The summed E-state index contributed by atoms with van der Waals surface area (Å²) in [4.78, 5) is 27.7. The molecule has 0 spiro atoms. The van der Waals surface area contributed by atoms with E-state index in [1.807, 2.05) is 19.1 Å². The van der Waals surface area contributed by atoms with Crippen molar-refractivity contribution in [2.75, 3.05) is 12.0 Å². The van der Waals surface area contributed by atoms with E-state index in [1.165, 1.54) is 36.3 Å². The van der Waals surface area contributed by atoms with Gasteiger partial charge in [0.15, 0.2) is 0 Å². The van der Waals surface area contributed by atoms with Gasteiger partial charge in [0.2, 0.25) is 0 Å². The van der Waals surface area contributed by atoms with Crippen LogP contribution in [0.15, 0.2) is 66.2 Å². The lowest BCUT2D eigenvalue weighted by atomic mass is 9.94. The van der Waals surface area contributed by atoms with Crippen LogP contribution in [0.25, 0.3) is 5.76 Å². The van der Waals surface area contributed by atoms with Crippen molar-refractivity contribution >= 4 is 46.3 Å². The van der Waals surface area contributed by atoms with E-state index in [1.54, 1.807) is 24.3 Å². The van der Waals surface area contributed by atoms with E-state index >= 15 is 0 Å². The van der Waals surface area contributed by atoms with Gasteiger partial charge in [0.05, 0.1) is 29.3 Å². The van der Waals surface area contributed by atoms with Crippen molar-refractivity contribution in [2.45, 2.75) is 13.0 Å². The van der Waals surface area contributed by atoms with Crippen LogP contribution < -0.4 is 9.64 Å². The number of carbonyl (C=O) groups is 2. The summed E-state index contributed by atoms with van der Waals surface area (Å²) in [6, 6.07) is 15.1. The Hall–Kier alpha value is -3.48. The number of halogens is 2. The second-order valence-corrected chi connectivity index (χ2v) is 8.41. The Labute approximate surface area is 200 Å².